The maximum absolute atomic E-state index is 2.52. The van der Waals surface area contributed by atoms with E-state index in [0.717, 1.165) is 0 Å². The number of rotatable bonds is 4. The van der Waals surface area contributed by atoms with Crippen LogP contribution in [0.2, 0.25) is 0 Å². The highest BCUT2D eigenvalue weighted by Gasteiger charge is 2.01. The van der Waals surface area contributed by atoms with Gasteiger partial charge in [-0.1, -0.05) is 44.3 Å². The lowest BCUT2D eigenvalue weighted by Crippen LogP contribution is -1.90. The Hall–Kier alpha value is -0.260. The molecule has 0 unspecified atom stereocenters. The molecule has 0 aromatic heterocycles. The number of unbranched alkanes of at least 4 members (excludes halogenated alkanes) is 2. The smallest absolute Gasteiger partial charge is 0.0320 e. The molecule has 0 bridgehead atoms. The lowest BCUT2D eigenvalue weighted by molar-refractivity contribution is 0.602. The largest absolute Gasteiger partial charge is 0.0853 e. The second-order valence-electron chi connectivity index (χ2n) is 4.27. The maximum atomic E-state index is 2.52. The monoisotopic (exact) mass is 180 g/mol. The quantitative estimate of drug-likeness (QED) is 0.428. The molecule has 76 valence electrons. The maximum Gasteiger partial charge on any atom is -0.0320 e. The van der Waals surface area contributed by atoms with Gasteiger partial charge in [-0.15, -0.1) is 0 Å². The fraction of sp³-hybridized carbons (Fsp3) is 0.846. The molecule has 0 aliphatic heterocycles. The van der Waals surface area contributed by atoms with E-state index in [2.05, 4.69) is 13.0 Å². The summed E-state index contributed by atoms with van der Waals surface area (Å²) in [6, 6.07) is 0. The molecule has 0 N–H and O–H groups in total. The molecule has 0 heteroatoms. The average Bonchev–Trinajstić information content (AvgIpc) is 2.08. The molecule has 1 rings (SSSR count). The first-order valence-corrected chi connectivity index (χ1v) is 6.11. The Morgan fingerprint density at radius 1 is 1.08 bits per heavy atom. The summed E-state index contributed by atoms with van der Waals surface area (Å²) in [6.45, 7) is 2.28. The number of hydrogen-bond acceptors (Lipinski definition) is 0. The van der Waals surface area contributed by atoms with Gasteiger partial charge >= 0.3 is 0 Å². The lowest BCUT2D eigenvalue weighted by atomic mass is 9.96. The molecular formula is C13H24. The Morgan fingerprint density at radius 2 is 1.92 bits per heavy atom. The highest BCUT2D eigenvalue weighted by atomic mass is 14.1. The third kappa shape index (κ3) is 5.13. The van der Waals surface area contributed by atoms with Crippen LogP contribution in [0, 0.1) is 0 Å². The fourth-order valence-corrected chi connectivity index (χ4v) is 2.09. The minimum atomic E-state index is 1.35. The van der Waals surface area contributed by atoms with Crippen LogP contribution in [0.15, 0.2) is 11.6 Å². The first kappa shape index (κ1) is 10.8. The van der Waals surface area contributed by atoms with Crippen molar-refractivity contribution in [3.05, 3.63) is 11.6 Å². The molecule has 0 aromatic rings. The zero-order valence-electron chi connectivity index (χ0n) is 9.15. The van der Waals surface area contributed by atoms with Crippen LogP contribution in [0.4, 0.5) is 0 Å². The molecule has 0 amide bonds. The van der Waals surface area contributed by atoms with Gasteiger partial charge in [-0.05, 0) is 38.5 Å². The molecule has 0 heterocycles. The van der Waals surface area contributed by atoms with Gasteiger partial charge in [0.2, 0.25) is 0 Å². The molecular weight excluding hydrogens is 156 g/mol. The molecule has 13 heavy (non-hydrogen) atoms. The third-order valence-corrected chi connectivity index (χ3v) is 2.99. The van der Waals surface area contributed by atoms with Crippen molar-refractivity contribution in [3.8, 4) is 0 Å². The van der Waals surface area contributed by atoms with Gasteiger partial charge in [-0.25, -0.2) is 0 Å². The summed E-state index contributed by atoms with van der Waals surface area (Å²) in [5.74, 6) is 0. The number of allylic oxidation sites excluding steroid dienone is 2. The van der Waals surface area contributed by atoms with Gasteiger partial charge in [0.1, 0.15) is 0 Å². The van der Waals surface area contributed by atoms with E-state index in [1.165, 1.54) is 64.2 Å². The fourth-order valence-electron chi connectivity index (χ4n) is 2.09. The second-order valence-corrected chi connectivity index (χ2v) is 4.27. The SMILES string of the molecule is CCCCC/C1=C/CCCCCC1. The Balaban J connectivity index is 2.19. The minimum absolute atomic E-state index is 1.35. The molecule has 0 radical (unpaired) electrons. The van der Waals surface area contributed by atoms with Gasteiger partial charge in [0.05, 0.1) is 0 Å². The van der Waals surface area contributed by atoms with Crippen molar-refractivity contribution < 1.29 is 0 Å². The van der Waals surface area contributed by atoms with Crippen LogP contribution in [0.3, 0.4) is 0 Å². The van der Waals surface area contributed by atoms with E-state index in [0.29, 0.717) is 0 Å². The molecule has 1 aliphatic rings. The predicted molar refractivity (Wildman–Crippen MR) is 59.9 cm³/mol. The molecule has 0 fully saturated rings. The van der Waals surface area contributed by atoms with Crippen molar-refractivity contribution in [2.24, 2.45) is 0 Å². The van der Waals surface area contributed by atoms with Gasteiger partial charge in [-0.3, -0.25) is 0 Å². The lowest BCUT2D eigenvalue weighted by Gasteiger charge is -2.10. The predicted octanol–water partition coefficient (Wildman–Crippen LogP) is 4.85. The van der Waals surface area contributed by atoms with Crippen LogP contribution >= 0.6 is 0 Å². The number of hydrogen-bond donors (Lipinski definition) is 0. The van der Waals surface area contributed by atoms with E-state index in [4.69, 9.17) is 0 Å². The second kappa shape index (κ2) is 7.17. The van der Waals surface area contributed by atoms with Gasteiger partial charge < -0.3 is 0 Å². The van der Waals surface area contributed by atoms with E-state index in [1.54, 1.807) is 5.57 Å². The van der Waals surface area contributed by atoms with Gasteiger partial charge in [0.15, 0.2) is 0 Å². The van der Waals surface area contributed by atoms with E-state index in [-0.39, 0.29) is 0 Å². The Kier molecular flexibility index (Phi) is 5.97. The van der Waals surface area contributed by atoms with Crippen LogP contribution < -0.4 is 0 Å². The minimum Gasteiger partial charge on any atom is -0.0853 e. The van der Waals surface area contributed by atoms with Crippen molar-refractivity contribution >= 4 is 0 Å². The summed E-state index contributed by atoms with van der Waals surface area (Å²) in [5, 5.41) is 0. The van der Waals surface area contributed by atoms with Crippen LogP contribution in [0.25, 0.3) is 0 Å². The van der Waals surface area contributed by atoms with E-state index in [9.17, 15) is 0 Å². The highest BCUT2D eigenvalue weighted by Crippen LogP contribution is 2.21. The van der Waals surface area contributed by atoms with Gasteiger partial charge in [0.25, 0.3) is 0 Å². The highest BCUT2D eigenvalue weighted by molar-refractivity contribution is 5.02. The van der Waals surface area contributed by atoms with Crippen molar-refractivity contribution in [3.63, 3.8) is 0 Å². The molecule has 0 saturated carbocycles. The van der Waals surface area contributed by atoms with Crippen molar-refractivity contribution in [2.45, 2.75) is 71.1 Å². The molecule has 0 nitrogen and oxygen atoms in total. The van der Waals surface area contributed by atoms with Crippen LogP contribution in [0.1, 0.15) is 71.1 Å². The first-order valence-electron chi connectivity index (χ1n) is 6.11. The van der Waals surface area contributed by atoms with E-state index < -0.39 is 0 Å². The third-order valence-electron chi connectivity index (χ3n) is 2.99. The van der Waals surface area contributed by atoms with Crippen LogP contribution in [0.5, 0.6) is 0 Å². The summed E-state index contributed by atoms with van der Waals surface area (Å²) >= 11 is 0. The van der Waals surface area contributed by atoms with E-state index >= 15 is 0 Å². The topological polar surface area (TPSA) is 0 Å². The molecule has 0 spiro atoms. The Labute approximate surface area is 83.4 Å². The summed E-state index contributed by atoms with van der Waals surface area (Å²) in [5.41, 5.74) is 1.76. The Morgan fingerprint density at radius 3 is 2.77 bits per heavy atom. The normalized spacial score (nSPS) is 23.0. The van der Waals surface area contributed by atoms with Crippen molar-refractivity contribution in [2.75, 3.05) is 0 Å². The van der Waals surface area contributed by atoms with Gasteiger partial charge in [-0.2, -0.15) is 0 Å². The van der Waals surface area contributed by atoms with Gasteiger partial charge in [0, 0.05) is 0 Å². The average molecular weight is 180 g/mol. The summed E-state index contributed by atoms with van der Waals surface area (Å²) in [7, 11) is 0. The summed E-state index contributed by atoms with van der Waals surface area (Å²) in [6.07, 6.45) is 16.6. The zero-order chi connectivity index (χ0) is 9.36. The van der Waals surface area contributed by atoms with Crippen LogP contribution in [-0.2, 0) is 0 Å². The van der Waals surface area contributed by atoms with Crippen molar-refractivity contribution in [1.82, 2.24) is 0 Å². The molecule has 0 atom stereocenters. The standard InChI is InChI=1S/C13H24/c1-2-3-7-10-13-11-8-5-4-6-9-12-13/h11H,2-10,12H2,1H3/b13-11-. The molecule has 0 aromatic carbocycles. The van der Waals surface area contributed by atoms with Crippen LogP contribution in [-0.4, -0.2) is 0 Å². The van der Waals surface area contributed by atoms with Crippen molar-refractivity contribution in [1.29, 1.82) is 0 Å². The summed E-state index contributed by atoms with van der Waals surface area (Å²) in [4.78, 5) is 0. The molecule has 1 aliphatic carbocycles. The zero-order valence-corrected chi connectivity index (χ0v) is 9.15. The summed E-state index contributed by atoms with van der Waals surface area (Å²) < 4.78 is 0. The first-order chi connectivity index (χ1) is 6.43. The Bertz CT molecular complexity index is 144. The van der Waals surface area contributed by atoms with E-state index in [1.807, 2.05) is 0 Å². The molecule has 0 saturated heterocycles.